The molecule has 0 radical (unpaired) electrons. The Morgan fingerprint density at radius 1 is 1.45 bits per heavy atom. The molecule has 0 spiro atoms. The van der Waals surface area contributed by atoms with Gasteiger partial charge in [0, 0.05) is 19.8 Å². The predicted molar refractivity (Wildman–Crippen MR) is 84.4 cm³/mol. The zero-order valence-electron chi connectivity index (χ0n) is 12.8. The number of halogens is 1. The predicted octanol–water partition coefficient (Wildman–Crippen LogP) is 2.84. The number of fused-ring (bicyclic) bond motifs is 1. The maximum absolute atomic E-state index is 12.7. The summed E-state index contributed by atoms with van der Waals surface area (Å²) in [6, 6.07) is 5.99. The van der Waals surface area contributed by atoms with E-state index in [1.54, 1.807) is 25.0 Å². The first-order chi connectivity index (χ1) is 10.5. The Bertz CT molecular complexity index is 726. The van der Waals surface area contributed by atoms with E-state index < -0.39 is 0 Å². The smallest absolute Gasteiger partial charge is 0.276 e. The lowest BCUT2D eigenvalue weighted by Gasteiger charge is -2.35. The largest absolute Gasteiger partial charge is 0.497 e. The van der Waals surface area contributed by atoms with Gasteiger partial charge in [0.05, 0.1) is 18.2 Å². The van der Waals surface area contributed by atoms with Gasteiger partial charge in [0.15, 0.2) is 5.69 Å². The minimum absolute atomic E-state index is 0.0376. The van der Waals surface area contributed by atoms with Crippen LogP contribution >= 0.6 is 11.6 Å². The number of carbonyl (C=O) groups is 1. The van der Waals surface area contributed by atoms with Crippen molar-refractivity contribution in [2.45, 2.75) is 19.4 Å². The van der Waals surface area contributed by atoms with E-state index in [1.165, 1.54) is 5.56 Å². The van der Waals surface area contributed by atoms with Crippen molar-refractivity contribution >= 4 is 17.5 Å². The molecular formula is C16H18ClN3O2. The van der Waals surface area contributed by atoms with E-state index in [9.17, 15) is 4.79 Å². The first kappa shape index (κ1) is 14.9. The van der Waals surface area contributed by atoms with Crippen molar-refractivity contribution in [3.63, 3.8) is 0 Å². The number of aryl methyl sites for hydroxylation is 1. The fourth-order valence-corrected chi connectivity index (χ4v) is 3.20. The van der Waals surface area contributed by atoms with E-state index in [1.807, 2.05) is 24.0 Å². The molecule has 0 fully saturated rings. The number of carbonyl (C=O) groups excluding carboxylic acids is 1. The van der Waals surface area contributed by atoms with E-state index in [0.29, 0.717) is 17.3 Å². The molecule has 3 rings (SSSR count). The van der Waals surface area contributed by atoms with Crippen LogP contribution in [0.25, 0.3) is 0 Å². The van der Waals surface area contributed by atoms with Crippen LogP contribution in [0, 0.1) is 0 Å². The molecule has 0 saturated heterocycles. The number of nitrogens with zero attached hydrogens (tertiary/aromatic N) is 3. The SMILES string of the molecule is COc1ccc2c(c1)[C@H](C)N(C(=O)c1nn(C)cc1Cl)CC2. The van der Waals surface area contributed by atoms with Gasteiger partial charge in [-0.2, -0.15) is 5.10 Å². The maximum Gasteiger partial charge on any atom is 0.276 e. The first-order valence-electron chi connectivity index (χ1n) is 7.18. The fraction of sp³-hybridized carbons (Fsp3) is 0.375. The van der Waals surface area contributed by atoms with Gasteiger partial charge in [-0.05, 0) is 36.6 Å². The van der Waals surface area contributed by atoms with Crippen molar-refractivity contribution in [3.05, 3.63) is 46.2 Å². The summed E-state index contributed by atoms with van der Waals surface area (Å²) in [5.74, 6) is 0.669. The number of benzene rings is 1. The van der Waals surface area contributed by atoms with Crippen LogP contribution in [0.3, 0.4) is 0 Å². The van der Waals surface area contributed by atoms with Crippen LogP contribution in [-0.4, -0.2) is 34.2 Å². The van der Waals surface area contributed by atoms with Gasteiger partial charge in [-0.25, -0.2) is 0 Å². The summed E-state index contributed by atoms with van der Waals surface area (Å²) in [4.78, 5) is 14.6. The second-order valence-electron chi connectivity index (χ2n) is 5.49. The topological polar surface area (TPSA) is 47.4 Å². The summed E-state index contributed by atoms with van der Waals surface area (Å²) < 4.78 is 6.85. The molecule has 2 aromatic rings. The van der Waals surface area contributed by atoms with Gasteiger partial charge in [-0.15, -0.1) is 0 Å². The quantitative estimate of drug-likeness (QED) is 0.855. The van der Waals surface area contributed by atoms with Crippen molar-refractivity contribution in [2.75, 3.05) is 13.7 Å². The molecule has 1 aromatic carbocycles. The highest BCUT2D eigenvalue weighted by Crippen LogP contribution is 2.33. The van der Waals surface area contributed by atoms with E-state index in [0.717, 1.165) is 17.7 Å². The van der Waals surface area contributed by atoms with Crippen LogP contribution in [0.2, 0.25) is 5.02 Å². The molecule has 1 aliphatic heterocycles. The van der Waals surface area contributed by atoms with Crippen molar-refractivity contribution in [1.82, 2.24) is 14.7 Å². The second kappa shape index (κ2) is 5.65. The van der Waals surface area contributed by atoms with Crippen LogP contribution in [0.4, 0.5) is 0 Å². The van der Waals surface area contributed by atoms with Crippen LogP contribution in [0.15, 0.2) is 24.4 Å². The molecule has 116 valence electrons. The zero-order chi connectivity index (χ0) is 15.9. The normalized spacial score (nSPS) is 17.3. The molecule has 0 N–H and O–H groups in total. The fourth-order valence-electron chi connectivity index (χ4n) is 2.94. The summed E-state index contributed by atoms with van der Waals surface area (Å²) in [5, 5.41) is 4.56. The minimum Gasteiger partial charge on any atom is -0.497 e. The second-order valence-corrected chi connectivity index (χ2v) is 5.90. The van der Waals surface area contributed by atoms with Crippen molar-refractivity contribution in [1.29, 1.82) is 0 Å². The number of hydrogen-bond acceptors (Lipinski definition) is 3. The van der Waals surface area contributed by atoms with E-state index in [4.69, 9.17) is 16.3 Å². The molecule has 6 heteroatoms. The van der Waals surface area contributed by atoms with Gasteiger partial charge in [0.25, 0.3) is 5.91 Å². The van der Waals surface area contributed by atoms with E-state index >= 15 is 0 Å². The molecule has 1 aliphatic rings. The minimum atomic E-state index is -0.133. The van der Waals surface area contributed by atoms with Crippen LogP contribution in [0.5, 0.6) is 5.75 Å². The molecule has 1 atom stereocenters. The molecule has 22 heavy (non-hydrogen) atoms. The van der Waals surface area contributed by atoms with Crippen LogP contribution < -0.4 is 4.74 Å². The highest BCUT2D eigenvalue weighted by Gasteiger charge is 2.31. The number of hydrogen-bond donors (Lipinski definition) is 0. The lowest BCUT2D eigenvalue weighted by molar-refractivity contribution is 0.0670. The highest BCUT2D eigenvalue weighted by atomic mass is 35.5. The van der Waals surface area contributed by atoms with Crippen LogP contribution in [-0.2, 0) is 13.5 Å². The van der Waals surface area contributed by atoms with Gasteiger partial charge < -0.3 is 9.64 Å². The zero-order valence-corrected chi connectivity index (χ0v) is 13.6. The lowest BCUT2D eigenvalue weighted by atomic mass is 9.93. The molecule has 0 bridgehead atoms. The Morgan fingerprint density at radius 3 is 2.86 bits per heavy atom. The van der Waals surface area contributed by atoms with E-state index in [-0.39, 0.29) is 11.9 Å². The summed E-state index contributed by atoms with van der Waals surface area (Å²) in [7, 11) is 3.40. The van der Waals surface area contributed by atoms with Crippen molar-refractivity contribution < 1.29 is 9.53 Å². The molecule has 0 saturated carbocycles. The van der Waals surface area contributed by atoms with Gasteiger partial charge in [0.1, 0.15) is 5.75 Å². The Kier molecular flexibility index (Phi) is 3.83. The number of rotatable bonds is 2. The maximum atomic E-state index is 12.7. The number of ether oxygens (including phenoxy) is 1. The number of aromatic nitrogens is 2. The van der Waals surface area contributed by atoms with Crippen molar-refractivity contribution in [2.24, 2.45) is 7.05 Å². The number of methoxy groups -OCH3 is 1. The molecule has 0 aliphatic carbocycles. The Labute approximate surface area is 134 Å². The molecule has 1 aromatic heterocycles. The molecule has 5 nitrogen and oxygen atoms in total. The third-order valence-electron chi connectivity index (χ3n) is 4.14. The Hall–Kier alpha value is -2.01. The Morgan fingerprint density at radius 2 is 2.23 bits per heavy atom. The highest BCUT2D eigenvalue weighted by molar-refractivity contribution is 6.33. The van der Waals surface area contributed by atoms with Gasteiger partial charge in [0.2, 0.25) is 0 Å². The molecular weight excluding hydrogens is 302 g/mol. The molecule has 2 heterocycles. The third kappa shape index (κ3) is 2.46. The third-order valence-corrected chi connectivity index (χ3v) is 4.42. The standard InChI is InChI=1S/C16H18ClN3O2/c1-10-13-8-12(22-3)5-4-11(13)6-7-20(10)16(21)15-14(17)9-19(2)18-15/h4-5,8-10H,6-7H2,1-3H3/t10-/m0/s1. The van der Waals surface area contributed by atoms with Gasteiger partial charge in [-0.1, -0.05) is 17.7 Å². The van der Waals surface area contributed by atoms with Crippen molar-refractivity contribution in [3.8, 4) is 5.75 Å². The monoisotopic (exact) mass is 319 g/mol. The number of amides is 1. The average molecular weight is 320 g/mol. The van der Waals surface area contributed by atoms with Crippen LogP contribution in [0.1, 0.15) is 34.6 Å². The van der Waals surface area contributed by atoms with Gasteiger partial charge in [-0.3, -0.25) is 9.48 Å². The average Bonchev–Trinajstić information content (AvgIpc) is 2.85. The first-order valence-corrected chi connectivity index (χ1v) is 7.56. The lowest BCUT2D eigenvalue weighted by Crippen LogP contribution is -2.39. The van der Waals surface area contributed by atoms with Gasteiger partial charge >= 0.3 is 0 Å². The summed E-state index contributed by atoms with van der Waals surface area (Å²) in [6.45, 7) is 2.68. The Balaban J connectivity index is 1.93. The molecule has 0 unspecified atom stereocenters. The molecule has 1 amide bonds. The van der Waals surface area contributed by atoms with E-state index in [2.05, 4.69) is 11.2 Å². The summed E-state index contributed by atoms with van der Waals surface area (Å²) >= 11 is 6.10. The summed E-state index contributed by atoms with van der Waals surface area (Å²) in [5.41, 5.74) is 2.68. The summed E-state index contributed by atoms with van der Waals surface area (Å²) in [6.07, 6.45) is 2.46.